The Morgan fingerprint density at radius 3 is 2.58 bits per heavy atom. The number of amides is 1. The van der Waals surface area contributed by atoms with Crippen LogP contribution >= 0.6 is 11.3 Å². The second-order valence-electron chi connectivity index (χ2n) is 7.11. The number of nitrogens with one attached hydrogen (secondary N) is 1. The van der Waals surface area contributed by atoms with E-state index in [9.17, 15) is 9.18 Å². The summed E-state index contributed by atoms with van der Waals surface area (Å²) in [5.74, 6) is 0.545. The lowest BCUT2D eigenvalue weighted by Crippen LogP contribution is -2.12. The van der Waals surface area contributed by atoms with Crippen LogP contribution in [0, 0.1) is 12.7 Å². The molecule has 0 spiro atoms. The average Bonchev–Trinajstić information content (AvgIpc) is 3.16. The molecule has 1 aromatic carbocycles. The van der Waals surface area contributed by atoms with Crippen LogP contribution in [0.1, 0.15) is 52.5 Å². The van der Waals surface area contributed by atoms with Crippen molar-refractivity contribution >= 4 is 23.1 Å². The number of hydrogen-bond donors (Lipinski definition) is 1. The minimum Gasteiger partial charge on any atom is -0.359 e. The zero-order valence-corrected chi connectivity index (χ0v) is 15.9. The van der Waals surface area contributed by atoms with Gasteiger partial charge in [0.25, 0.3) is 5.91 Å². The molecule has 5 nitrogen and oxygen atoms in total. The van der Waals surface area contributed by atoms with Gasteiger partial charge in [0, 0.05) is 17.9 Å². The van der Waals surface area contributed by atoms with Crippen molar-refractivity contribution in [3.63, 3.8) is 0 Å². The van der Waals surface area contributed by atoms with Crippen molar-refractivity contribution in [2.45, 2.75) is 39.5 Å². The third-order valence-electron chi connectivity index (χ3n) is 3.81. The number of thiazole rings is 1. The first-order chi connectivity index (χ1) is 12.2. The maximum atomic E-state index is 13.0. The number of carbonyl (C=O) groups is 1. The highest BCUT2D eigenvalue weighted by molar-refractivity contribution is 7.14. The van der Waals surface area contributed by atoms with Gasteiger partial charge in [-0.25, -0.2) is 9.37 Å². The van der Waals surface area contributed by atoms with Gasteiger partial charge in [-0.2, -0.15) is 0 Å². The largest absolute Gasteiger partial charge is 0.359 e. The van der Waals surface area contributed by atoms with E-state index in [2.05, 4.69) is 15.5 Å². The van der Waals surface area contributed by atoms with Crippen LogP contribution in [-0.4, -0.2) is 16.0 Å². The molecule has 0 saturated heterocycles. The van der Waals surface area contributed by atoms with Gasteiger partial charge in [0.05, 0.1) is 10.7 Å². The summed E-state index contributed by atoms with van der Waals surface area (Å²) in [5.41, 5.74) is 1.42. The molecule has 2 heterocycles. The van der Waals surface area contributed by atoms with Crippen molar-refractivity contribution in [2.24, 2.45) is 0 Å². The van der Waals surface area contributed by atoms with Crippen molar-refractivity contribution in [1.29, 1.82) is 0 Å². The van der Waals surface area contributed by atoms with Gasteiger partial charge in [-0.3, -0.25) is 4.79 Å². The molecule has 136 valence electrons. The number of hydrogen-bond acceptors (Lipinski definition) is 5. The standard InChI is InChI=1S/C19H20FN3O2S/c1-11-17(18(24)22-15-10-14(25-23-15)19(2,3)4)26-16(21-11)9-12-5-7-13(20)8-6-12/h5-8,10H,9H2,1-4H3,(H,22,23,24). The Morgan fingerprint density at radius 2 is 1.96 bits per heavy atom. The summed E-state index contributed by atoms with van der Waals surface area (Å²) in [7, 11) is 0. The fraction of sp³-hybridized carbons (Fsp3) is 0.316. The highest BCUT2D eigenvalue weighted by Gasteiger charge is 2.22. The molecule has 0 aliphatic rings. The number of rotatable bonds is 4. The summed E-state index contributed by atoms with van der Waals surface area (Å²) in [4.78, 5) is 17.5. The Hall–Kier alpha value is -2.54. The van der Waals surface area contributed by atoms with Gasteiger partial charge in [-0.05, 0) is 24.6 Å². The Morgan fingerprint density at radius 1 is 1.27 bits per heavy atom. The first-order valence-corrected chi connectivity index (χ1v) is 9.03. The van der Waals surface area contributed by atoms with Crippen molar-refractivity contribution in [2.75, 3.05) is 5.32 Å². The normalized spacial score (nSPS) is 11.6. The minimum atomic E-state index is -0.272. The first kappa shape index (κ1) is 18.3. The van der Waals surface area contributed by atoms with Crippen LogP contribution in [-0.2, 0) is 11.8 Å². The lowest BCUT2D eigenvalue weighted by Gasteiger charge is -2.11. The molecule has 0 aliphatic heterocycles. The molecule has 0 bridgehead atoms. The molecule has 0 radical (unpaired) electrons. The van der Waals surface area contributed by atoms with E-state index in [1.807, 2.05) is 20.8 Å². The molecule has 7 heteroatoms. The smallest absolute Gasteiger partial charge is 0.268 e. The van der Waals surface area contributed by atoms with E-state index < -0.39 is 0 Å². The van der Waals surface area contributed by atoms with Crippen LogP contribution in [0.5, 0.6) is 0 Å². The summed E-state index contributed by atoms with van der Waals surface area (Å²) in [6, 6.07) is 8.00. The zero-order valence-electron chi connectivity index (χ0n) is 15.1. The zero-order chi connectivity index (χ0) is 18.9. The topological polar surface area (TPSA) is 68.0 Å². The number of halogens is 1. The fourth-order valence-electron chi connectivity index (χ4n) is 2.38. The van der Waals surface area contributed by atoms with Gasteiger partial charge < -0.3 is 9.84 Å². The lowest BCUT2D eigenvalue weighted by atomic mass is 9.93. The molecule has 0 atom stereocenters. The Labute approximate surface area is 155 Å². The predicted octanol–water partition coefficient (Wildman–Crippen LogP) is 4.72. The summed E-state index contributed by atoms with van der Waals surface area (Å²) in [6.45, 7) is 7.82. The molecular weight excluding hydrogens is 353 g/mol. The first-order valence-electron chi connectivity index (χ1n) is 8.21. The van der Waals surface area contributed by atoms with E-state index in [0.29, 0.717) is 28.6 Å². The molecule has 3 aromatic rings. The van der Waals surface area contributed by atoms with Gasteiger partial charge in [-0.1, -0.05) is 38.1 Å². The van der Waals surface area contributed by atoms with Gasteiger partial charge in [0.1, 0.15) is 16.5 Å². The van der Waals surface area contributed by atoms with Gasteiger partial charge >= 0.3 is 0 Å². The summed E-state index contributed by atoms with van der Waals surface area (Å²) >= 11 is 1.32. The third-order valence-corrected chi connectivity index (χ3v) is 4.96. The minimum absolute atomic E-state index is 0.182. The molecular formula is C19H20FN3O2S. The summed E-state index contributed by atoms with van der Waals surface area (Å²) in [6.07, 6.45) is 0.553. The SMILES string of the molecule is Cc1nc(Cc2ccc(F)cc2)sc1C(=O)Nc1cc(C(C)(C)C)on1. The van der Waals surface area contributed by atoms with E-state index in [4.69, 9.17) is 4.52 Å². The highest BCUT2D eigenvalue weighted by Crippen LogP contribution is 2.26. The Balaban J connectivity index is 1.72. The van der Waals surface area contributed by atoms with Gasteiger partial charge in [-0.15, -0.1) is 11.3 Å². The second kappa shape index (κ2) is 6.99. The average molecular weight is 373 g/mol. The van der Waals surface area contributed by atoms with E-state index in [1.54, 1.807) is 25.1 Å². The van der Waals surface area contributed by atoms with Crippen LogP contribution in [0.15, 0.2) is 34.9 Å². The monoisotopic (exact) mass is 373 g/mol. The lowest BCUT2D eigenvalue weighted by molar-refractivity contribution is 0.102. The number of benzene rings is 1. The van der Waals surface area contributed by atoms with Crippen molar-refractivity contribution in [3.8, 4) is 0 Å². The maximum Gasteiger partial charge on any atom is 0.268 e. The van der Waals surface area contributed by atoms with Gasteiger partial charge in [0.15, 0.2) is 5.82 Å². The molecule has 1 amide bonds. The van der Waals surface area contributed by atoms with Crippen LogP contribution < -0.4 is 5.32 Å². The molecule has 2 aromatic heterocycles. The Bertz CT molecular complexity index is 923. The molecule has 0 fully saturated rings. The molecule has 3 rings (SSSR count). The van der Waals surface area contributed by atoms with Gasteiger partial charge in [0.2, 0.25) is 0 Å². The molecule has 0 saturated carbocycles. The van der Waals surface area contributed by atoms with Crippen molar-refractivity contribution in [1.82, 2.24) is 10.1 Å². The fourth-order valence-corrected chi connectivity index (χ4v) is 3.37. The number of anilines is 1. The number of carbonyl (C=O) groups excluding carboxylic acids is 1. The van der Waals surface area contributed by atoms with Crippen LogP contribution in [0.3, 0.4) is 0 Å². The molecule has 26 heavy (non-hydrogen) atoms. The van der Waals surface area contributed by atoms with E-state index >= 15 is 0 Å². The predicted molar refractivity (Wildman–Crippen MR) is 99.2 cm³/mol. The molecule has 0 unspecified atom stereocenters. The van der Waals surface area contributed by atoms with Crippen molar-refractivity contribution < 1.29 is 13.7 Å². The van der Waals surface area contributed by atoms with E-state index in [1.165, 1.54) is 23.5 Å². The second-order valence-corrected chi connectivity index (χ2v) is 8.19. The molecule has 1 N–H and O–H groups in total. The maximum absolute atomic E-state index is 13.0. The number of aromatic nitrogens is 2. The quantitative estimate of drug-likeness (QED) is 0.718. The number of aryl methyl sites for hydroxylation is 1. The third kappa shape index (κ3) is 4.16. The number of nitrogens with zero attached hydrogens (tertiary/aromatic N) is 2. The highest BCUT2D eigenvalue weighted by atomic mass is 32.1. The van der Waals surface area contributed by atoms with E-state index in [-0.39, 0.29) is 17.1 Å². The van der Waals surface area contributed by atoms with Crippen LogP contribution in [0.2, 0.25) is 0 Å². The summed E-state index contributed by atoms with van der Waals surface area (Å²) in [5, 5.41) is 7.46. The van der Waals surface area contributed by atoms with Crippen LogP contribution in [0.4, 0.5) is 10.2 Å². The molecule has 0 aliphatic carbocycles. The van der Waals surface area contributed by atoms with E-state index in [0.717, 1.165) is 10.6 Å². The Kier molecular flexibility index (Phi) is 4.91. The van der Waals surface area contributed by atoms with Crippen LogP contribution in [0.25, 0.3) is 0 Å². The van der Waals surface area contributed by atoms with Crippen molar-refractivity contribution in [3.05, 3.63) is 63.1 Å². The summed E-state index contributed by atoms with van der Waals surface area (Å²) < 4.78 is 18.3.